The van der Waals surface area contributed by atoms with Crippen LogP contribution in [-0.2, 0) is 24.5 Å². The lowest BCUT2D eigenvalue weighted by Crippen LogP contribution is -2.09. The van der Waals surface area contributed by atoms with Crippen molar-refractivity contribution in [3.8, 4) is 11.3 Å². The fourth-order valence-electron chi connectivity index (χ4n) is 2.32. The largest absolute Gasteiger partial charge is 0.468 e. The van der Waals surface area contributed by atoms with Crippen LogP contribution in [0.15, 0.2) is 22.8 Å². The van der Waals surface area contributed by atoms with E-state index < -0.39 is 13.6 Å². The molecule has 0 fully saturated rings. The van der Waals surface area contributed by atoms with Gasteiger partial charge in [0.2, 0.25) is 0 Å². The first kappa shape index (κ1) is 20.3. The van der Waals surface area contributed by atoms with E-state index in [1.165, 1.54) is 6.26 Å². The van der Waals surface area contributed by atoms with E-state index in [1.807, 2.05) is 0 Å². The predicted octanol–water partition coefficient (Wildman–Crippen LogP) is 3.99. The minimum atomic E-state index is -3.27. The summed E-state index contributed by atoms with van der Waals surface area (Å²) in [5.74, 6) is -0.0210. The number of aromatic nitrogens is 2. The predicted molar refractivity (Wildman–Crippen MR) is 95.0 cm³/mol. The Hall–Kier alpha value is -2.02. The smallest absolute Gasteiger partial charge is 0.340 e. The van der Waals surface area contributed by atoms with Gasteiger partial charge >= 0.3 is 13.6 Å². The van der Waals surface area contributed by atoms with Crippen molar-refractivity contribution >= 4 is 13.6 Å². The number of hydrogen-bond donors (Lipinski definition) is 0. The normalized spacial score (nSPS) is 11.5. The minimum Gasteiger partial charge on any atom is -0.468 e. The van der Waals surface area contributed by atoms with Gasteiger partial charge < -0.3 is 18.2 Å². The van der Waals surface area contributed by atoms with Crippen molar-refractivity contribution in [2.24, 2.45) is 0 Å². The summed E-state index contributed by atoms with van der Waals surface area (Å²) < 4.78 is 33.6. The van der Waals surface area contributed by atoms with E-state index in [0.717, 1.165) is 0 Å². The Kier molecular flexibility index (Phi) is 7.08. The van der Waals surface area contributed by atoms with E-state index in [2.05, 4.69) is 10.2 Å². The lowest BCUT2D eigenvalue weighted by atomic mass is 10.1. The highest BCUT2D eigenvalue weighted by Crippen LogP contribution is 2.51. The number of furan rings is 1. The Labute approximate surface area is 152 Å². The van der Waals surface area contributed by atoms with Gasteiger partial charge in [-0.25, -0.2) is 4.79 Å². The number of carbonyl (C=O) groups excluding carboxylic acids is 1. The molecule has 142 valence electrons. The molecule has 0 aliphatic heterocycles. The van der Waals surface area contributed by atoms with Gasteiger partial charge in [0.25, 0.3) is 0 Å². The lowest BCUT2D eigenvalue weighted by Gasteiger charge is -2.15. The van der Waals surface area contributed by atoms with Crippen LogP contribution in [0.3, 0.4) is 0 Å². The molecule has 0 atom stereocenters. The zero-order valence-electron chi connectivity index (χ0n) is 15.4. The number of rotatable bonds is 9. The maximum atomic E-state index is 12.6. The SMILES string of the molecule is CCOC(=O)c1cc(-c2coc(CP(=O)(OCC)OCC)c2)nnc1C. The summed E-state index contributed by atoms with van der Waals surface area (Å²) in [7, 11) is -3.27. The quantitative estimate of drug-likeness (QED) is 0.474. The fraction of sp³-hybridized carbons (Fsp3) is 0.471. The topological polar surface area (TPSA) is 101 Å². The second-order valence-electron chi connectivity index (χ2n) is 5.36. The number of esters is 1. The van der Waals surface area contributed by atoms with Gasteiger partial charge in [-0.2, -0.15) is 10.2 Å². The van der Waals surface area contributed by atoms with Crippen LogP contribution in [0.4, 0.5) is 0 Å². The minimum absolute atomic E-state index is 0.0126. The molecule has 0 bridgehead atoms. The first-order valence-electron chi connectivity index (χ1n) is 8.39. The molecule has 9 heteroatoms. The van der Waals surface area contributed by atoms with Crippen molar-refractivity contribution in [2.45, 2.75) is 33.9 Å². The summed E-state index contributed by atoms with van der Waals surface area (Å²) in [5, 5.41) is 8.09. The molecule has 26 heavy (non-hydrogen) atoms. The van der Waals surface area contributed by atoms with E-state index in [4.69, 9.17) is 18.2 Å². The molecule has 0 N–H and O–H groups in total. The van der Waals surface area contributed by atoms with E-state index in [9.17, 15) is 9.36 Å². The molecule has 0 aliphatic carbocycles. The molecule has 8 nitrogen and oxygen atoms in total. The number of hydrogen-bond acceptors (Lipinski definition) is 8. The average molecular weight is 382 g/mol. The van der Waals surface area contributed by atoms with Crippen molar-refractivity contribution < 1.29 is 27.6 Å². The van der Waals surface area contributed by atoms with E-state index >= 15 is 0 Å². The third kappa shape index (κ3) is 5.00. The number of aryl methyl sites for hydroxylation is 1. The standard InChI is InChI=1S/C17H23N2O6P/c1-5-22-17(20)15-9-16(19-18-12(15)4)13-8-14(23-10-13)11-26(21,24-6-2)25-7-3/h8-10H,5-7,11H2,1-4H3. The van der Waals surface area contributed by atoms with Gasteiger partial charge in [-0.15, -0.1) is 0 Å². The first-order chi connectivity index (χ1) is 12.4. The van der Waals surface area contributed by atoms with Crippen LogP contribution in [0, 0.1) is 6.92 Å². The van der Waals surface area contributed by atoms with Crippen LogP contribution in [-0.4, -0.2) is 36.0 Å². The second kappa shape index (κ2) is 9.07. The monoisotopic (exact) mass is 382 g/mol. The summed E-state index contributed by atoms with van der Waals surface area (Å²) in [6.45, 7) is 7.74. The molecule has 0 aromatic carbocycles. The van der Waals surface area contributed by atoms with E-state index in [0.29, 0.717) is 28.3 Å². The van der Waals surface area contributed by atoms with Crippen molar-refractivity contribution in [3.63, 3.8) is 0 Å². The Morgan fingerprint density at radius 3 is 2.42 bits per heavy atom. The zero-order chi connectivity index (χ0) is 19.2. The molecule has 0 saturated carbocycles. The molecular formula is C17H23N2O6P. The maximum absolute atomic E-state index is 12.6. The Morgan fingerprint density at radius 1 is 1.12 bits per heavy atom. The molecule has 2 rings (SSSR count). The summed E-state index contributed by atoms with van der Waals surface area (Å²) in [6.07, 6.45) is 1.48. The van der Waals surface area contributed by atoms with Gasteiger partial charge in [-0.05, 0) is 39.8 Å². The Bertz CT molecular complexity index is 794. The highest BCUT2D eigenvalue weighted by atomic mass is 31.2. The number of ether oxygens (including phenoxy) is 1. The molecule has 0 spiro atoms. The average Bonchev–Trinajstić information content (AvgIpc) is 3.03. The fourth-order valence-corrected chi connectivity index (χ4v) is 3.91. The van der Waals surface area contributed by atoms with Crippen LogP contribution in [0.2, 0.25) is 0 Å². The van der Waals surface area contributed by atoms with Crippen molar-refractivity contribution in [2.75, 3.05) is 19.8 Å². The highest BCUT2D eigenvalue weighted by molar-refractivity contribution is 7.53. The summed E-state index contributed by atoms with van der Waals surface area (Å²) in [5.41, 5.74) is 1.89. The molecule has 0 amide bonds. The summed E-state index contributed by atoms with van der Waals surface area (Å²) in [6, 6.07) is 3.28. The van der Waals surface area contributed by atoms with Crippen LogP contribution < -0.4 is 0 Å². The summed E-state index contributed by atoms with van der Waals surface area (Å²) >= 11 is 0. The molecule has 0 radical (unpaired) electrons. The van der Waals surface area contributed by atoms with Gasteiger partial charge in [0.1, 0.15) is 18.2 Å². The van der Waals surface area contributed by atoms with E-state index in [-0.39, 0.29) is 26.0 Å². The first-order valence-corrected chi connectivity index (χ1v) is 10.1. The van der Waals surface area contributed by atoms with Gasteiger partial charge in [-0.3, -0.25) is 4.57 Å². The van der Waals surface area contributed by atoms with Crippen molar-refractivity contribution in [3.05, 3.63) is 35.4 Å². The van der Waals surface area contributed by atoms with Crippen LogP contribution in [0.25, 0.3) is 11.3 Å². The molecule has 0 aliphatic rings. The molecular weight excluding hydrogens is 359 g/mol. The van der Waals surface area contributed by atoms with Crippen molar-refractivity contribution in [1.82, 2.24) is 10.2 Å². The third-order valence-electron chi connectivity index (χ3n) is 3.42. The molecule has 0 saturated heterocycles. The van der Waals surface area contributed by atoms with Gasteiger partial charge in [0.05, 0.1) is 36.8 Å². The summed E-state index contributed by atoms with van der Waals surface area (Å²) in [4.78, 5) is 12.0. The van der Waals surface area contributed by atoms with Crippen LogP contribution in [0.5, 0.6) is 0 Å². The van der Waals surface area contributed by atoms with Crippen LogP contribution >= 0.6 is 7.60 Å². The Morgan fingerprint density at radius 2 is 1.81 bits per heavy atom. The third-order valence-corrected chi connectivity index (χ3v) is 5.43. The molecule has 0 unspecified atom stereocenters. The maximum Gasteiger partial charge on any atom is 0.340 e. The zero-order valence-corrected chi connectivity index (χ0v) is 16.2. The van der Waals surface area contributed by atoms with Crippen LogP contribution in [0.1, 0.15) is 42.6 Å². The molecule has 2 heterocycles. The van der Waals surface area contributed by atoms with Gasteiger partial charge in [0.15, 0.2) is 0 Å². The van der Waals surface area contributed by atoms with Gasteiger partial charge in [0, 0.05) is 5.56 Å². The van der Waals surface area contributed by atoms with Gasteiger partial charge in [-0.1, -0.05) is 0 Å². The lowest BCUT2D eigenvalue weighted by molar-refractivity contribution is 0.0524. The molecule has 2 aromatic rings. The number of nitrogens with zero attached hydrogens (tertiary/aromatic N) is 2. The number of carbonyl (C=O) groups is 1. The molecule has 2 aromatic heterocycles. The van der Waals surface area contributed by atoms with E-state index in [1.54, 1.807) is 39.8 Å². The second-order valence-corrected chi connectivity index (χ2v) is 7.41. The van der Waals surface area contributed by atoms with Crippen molar-refractivity contribution in [1.29, 1.82) is 0 Å². The Balaban J connectivity index is 2.25. The highest BCUT2D eigenvalue weighted by Gasteiger charge is 2.26.